The Labute approximate surface area is 577 Å². The number of allylic oxidation sites excluding steroid dienone is 3. The van der Waals surface area contributed by atoms with Crippen molar-refractivity contribution in [1.82, 2.24) is 9.44 Å². The van der Waals surface area contributed by atoms with E-state index < -0.39 is 78.8 Å². The number of hydrogen-bond donors (Lipinski definition) is 4. The lowest BCUT2D eigenvalue weighted by molar-refractivity contribution is 0.0131. The van der Waals surface area contributed by atoms with E-state index in [9.17, 15) is 27.0 Å². The van der Waals surface area contributed by atoms with Crippen LogP contribution in [0.1, 0.15) is 181 Å². The number of hydrogen-bond acceptors (Lipinski definition) is 13. The van der Waals surface area contributed by atoms with Gasteiger partial charge in [0.15, 0.2) is 8.24 Å². The highest BCUT2D eigenvalue weighted by Crippen LogP contribution is 2.47. The number of methoxy groups -OCH3 is 1. The second-order valence-electron chi connectivity index (χ2n) is 27.4. The van der Waals surface area contributed by atoms with Crippen LogP contribution in [0, 0.1) is 34.4 Å². The Bertz CT molecular complexity index is 3650. The Morgan fingerprint density at radius 3 is 1.99 bits per heavy atom. The zero-order chi connectivity index (χ0) is 68.9. The van der Waals surface area contributed by atoms with Crippen molar-refractivity contribution in [3.8, 4) is 5.75 Å². The first-order valence-corrected chi connectivity index (χ1v) is 40.7. The molecule has 0 saturated heterocycles. The maximum atomic E-state index is 14.0. The van der Waals surface area contributed by atoms with E-state index >= 15 is 0 Å². The lowest BCUT2D eigenvalue weighted by Crippen LogP contribution is -2.49. The lowest BCUT2D eigenvalue weighted by atomic mass is 9.68. The summed E-state index contributed by atoms with van der Waals surface area (Å²) in [6.45, 7) is 34.8. The van der Waals surface area contributed by atoms with Crippen molar-refractivity contribution in [2.75, 3.05) is 31.7 Å². The van der Waals surface area contributed by atoms with E-state index in [4.69, 9.17) is 44.5 Å². The van der Waals surface area contributed by atoms with Crippen LogP contribution in [0.15, 0.2) is 143 Å². The van der Waals surface area contributed by atoms with E-state index in [1.165, 1.54) is 11.1 Å². The molecule has 1 fully saturated rings. The summed E-state index contributed by atoms with van der Waals surface area (Å²) in [5.41, 5.74) is 5.35. The summed E-state index contributed by atoms with van der Waals surface area (Å²) in [6.07, 6.45) is 12.7. The van der Waals surface area contributed by atoms with Crippen molar-refractivity contribution >= 4 is 73.4 Å². The first-order valence-electron chi connectivity index (χ1n) is 32.5. The van der Waals surface area contributed by atoms with Gasteiger partial charge in [-0.05, 0) is 186 Å². The minimum absolute atomic E-state index is 0. The van der Waals surface area contributed by atoms with Crippen LogP contribution >= 0.6 is 11.6 Å². The third-order valence-electron chi connectivity index (χ3n) is 19.8. The predicted molar refractivity (Wildman–Crippen MR) is 397 cm³/mol. The Kier molecular flexibility index (Phi) is 30.2. The SMILES string of the molecule is C.C.C=CC[C@H](C)[C@@H](C)S(=N)(=O)NC(=O)O[C@@H](C)c1ccccc1.C=CC[C@H](C)[C@@H](C)S(=O)(=N[Si](C)(C)C(C)(C)C)NC(=O)O[C@@H](C)c1ccccc1.CO[C@H]1/C=C/C[C@H](C)[C@@H](C)S(N)(=O)=NC(=O)c2ccc3c(c2)N(C[C@@H]2CC[C@H]21)C[C@@]1(CCCc2cc(Cl)ccc21)CO3. The van der Waals surface area contributed by atoms with Gasteiger partial charge in [0, 0.05) is 36.2 Å². The number of amides is 3. The number of carbonyl (C=O) groups is 3. The number of benzene rings is 4. The highest BCUT2D eigenvalue weighted by atomic mass is 35.5. The molecule has 4 aromatic carbocycles. The number of carbonyl (C=O) groups excluding carboxylic acids is 3. The molecule has 15 atom stereocenters. The molecule has 8 rings (SSSR count). The highest BCUT2D eigenvalue weighted by molar-refractivity contribution is 7.93. The maximum absolute atomic E-state index is 14.0. The molecule has 3 amide bonds. The quantitative estimate of drug-likeness (QED) is 0.0607. The molecule has 95 heavy (non-hydrogen) atoms. The molecule has 17 nitrogen and oxygen atoms in total. The molecule has 0 aromatic heterocycles. The average Bonchev–Trinajstić information content (AvgIpc) is 1.72. The molecule has 5 N–H and O–H groups in total. The van der Waals surface area contributed by atoms with E-state index in [-0.39, 0.29) is 54.4 Å². The number of ether oxygens (including phenoxy) is 4. The monoisotopic (exact) mass is 1410 g/mol. The molecule has 4 aromatic rings. The summed E-state index contributed by atoms with van der Waals surface area (Å²) in [4.78, 5) is 40.4. The van der Waals surface area contributed by atoms with Gasteiger partial charge in [-0.2, -0.15) is 0 Å². The Balaban J connectivity index is 0.000000319. The van der Waals surface area contributed by atoms with Gasteiger partial charge in [0.25, 0.3) is 5.91 Å². The second-order valence-corrected chi connectivity index (χ2v) is 39.6. The van der Waals surface area contributed by atoms with Gasteiger partial charge in [-0.25, -0.2) is 41.6 Å². The molecule has 1 saturated carbocycles. The van der Waals surface area contributed by atoms with Crippen LogP contribution in [-0.2, 0) is 55.8 Å². The molecular formula is C73H112ClN7O10S3Si. The van der Waals surface area contributed by atoms with Crippen LogP contribution in [0.25, 0.3) is 0 Å². The van der Waals surface area contributed by atoms with E-state index in [2.05, 4.69) is 90.0 Å². The summed E-state index contributed by atoms with van der Waals surface area (Å²) in [6, 6.07) is 30.4. The lowest BCUT2D eigenvalue weighted by Gasteiger charge is -2.46. The Morgan fingerprint density at radius 2 is 1.45 bits per heavy atom. The molecule has 2 heterocycles. The van der Waals surface area contributed by atoms with Crippen LogP contribution in [0.5, 0.6) is 5.75 Å². The molecule has 4 aliphatic rings. The first kappa shape index (κ1) is 81.6. The van der Waals surface area contributed by atoms with E-state index in [0.717, 1.165) is 72.8 Å². The van der Waals surface area contributed by atoms with E-state index in [1.54, 1.807) is 40.0 Å². The fraction of sp³-hybridized carbons (Fsp3) is 0.548. The Hall–Kier alpha value is -5.81. The first-order chi connectivity index (χ1) is 43.6. The molecule has 528 valence electrons. The van der Waals surface area contributed by atoms with Gasteiger partial charge in [-0.3, -0.25) is 8.82 Å². The molecule has 1 spiro atoms. The third-order valence-corrected chi connectivity index (χ3v) is 32.5. The average molecular weight is 1410 g/mol. The molecule has 2 aliphatic carbocycles. The summed E-state index contributed by atoms with van der Waals surface area (Å²) >= 11 is 6.41. The van der Waals surface area contributed by atoms with Gasteiger partial charge >= 0.3 is 12.2 Å². The van der Waals surface area contributed by atoms with E-state index in [1.807, 2.05) is 120 Å². The maximum Gasteiger partial charge on any atom is 0.420 e. The van der Waals surface area contributed by atoms with Crippen LogP contribution in [0.4, 0.5) is 15.3 Å². The van der Waals surface area contributed by atoms with Gasteiger partial charge < -0.3 is 23.8 Å². The minimum Gasteiger partial charge on any atom is -0.490 e. The third kappa shape index (κ3) is 21.3. The van der Waals surface area contributed by atoms with Crippen LogP contribution in [0.3, 0.4) is 0 Å². The van der Waals surface area contributed by atoms with Crippen molar-refractivity contribution in [2.45, 2.75) is 200 Å². The highest BCUT2D eigenvalue weighted by Gasteiger charge is 2.45. The fourth-order valence-corrected chi connectivity index (χ4v) is 20.5. The number of fused-ring (bicyclic) bond motifs is 4. The number of halogens is 1. The number of aryl methyl sites for hydroxylation is 1. The van der Waals surface area contributed by atoms with Gasteiger partial charge in [0.1, 0.15) is 47.7 Å². The normalized spacial score (nSPS) is 25.1. The summed E-state index contributed by atoms with van der Waals surface area (Å²) < 4.78 is 84.9. The van der Waals surface area contributed by atoms with Gasteiger partial charge in [-0.15, -0.1) is 17.5 Å². The zero-order valence-electron chi connectivity index (χ0n) is 57.2. The van der Waals surface area contributed by atoms with Crippen molar-refractivity contribution in [3.63, 3.8) is 0 Å². The fourth-order valence-electron chi connectivity index (χ4n) is 11.9. The van der Waals surface area contributed by atoms with Crippen LogP contribution in [-0.4, -0.2) is 87.6 Å². The molecule has 0 radical (unpaired) electrons. The molecular weight excluding hydrogens is 1290 g/mol. The number of anilines is 1. The Morgan fingerprint density at radius 1 is 0.884 bits per heavy atom. The number of rotatable bonds is 16. The second kappa shape index (κ2) is 35.1. The smallest absolute Gasteiger partial charge is 0.420 e. The summed E-state index contributed by atoms with van der Waals surface area (Å²) in [5, 5.41) is 5.60. The van der Waals surface area contributed by atoms with Crippen molar-refractivity contribution in [3.05, 3.63) is 167 Å². The predicted octanol–water partition coefficient (Wildman–Crippen LogP) is 18.1. The van der Waals surface area contributed by atoms with Gasteiger partial charge in [0.2, 0.25) is 0 Å². The summed E-state index contributed by atoms with van der Waals surface area (Å²) in [7, 11) is -10.1. The molecule has 22 heteroatoms. The van der Waals surface area contributed by atoms with Crippen molar-refractivity contribution in [2.24, 2.45) is 43.1 Å². The standard InChI is InChI=1S/C33H42ClN3O4S.C22H38N2O3SSi.C16H24N2O3S.2CH4/c1-21-6-4-8-30(40-3)27-12-9-25(27)18-37-19-33(15-5-7-23-16-26(34)11-13-28(23)33)20-41-31-14-10-24(17-29(31)37)32(38)36-42(35,39)22(21)2;1-10-14-17(2)19(4)28(26,24-29(8,9)22(5,6)7)23-21(25)27-18(3)20-15-12-11-13-16-20;1-5-9-12(2)14(4)22(17,20)18-16(19)21-13(3)15-10-7-6-8-11-15;;/h4,8,10-11,13-14,16-17,21-22,25,27,30H,5-7,9,12,15,18-20H2,1-3H3,(H2,35,36,38,39);10-13,15-19H,1,14H2,2-9H3,(H,23,24,25,26);5-8,10-14H,1,9H2,2-4H3,(H2,17,18,19,20);2*1H4/b8-4+;;;;/t21-,22+,25-,27+,30-,33-,42?;17-,18-,19+,28?;12-,13-,14+,22?;;/m000../s1. The minimum atomic E-state index is -3.28. The van der Waals surface area contributed by atoms with Crippen LogP contribution in [0.2, 0.25) is 23.2 Å². The molecule has 2 bridgehead atoms. The van der Waals surface area contributed by atoms with E-state index in [0.29, 0.717) is 43.3 Å². The van der Waals surface area contributed by atoms with Crippen molar-refractivity contribution in [1.29, 1.82) is 4.78 Å². The topological polar surface area (TPSA) is 241 Å². The largest absolute Gasteiger partial charge is 0.490 e. The number of nitrogens with two attached hydrogens (primary N) is 1. The number of nitrogens with one attached hydrogen (secondary N) is 3. The van der Waals surface area contributed by atoms with Gasteiger partial charge in [-0.1, -0.05) is 159 Å². The molecule has 3 unspecified atom stereocenters. The van der Waals surface area contributed by atoms with Gasteiger partial charge in [0.05, 0.1) is 34.1 Å². The summed E-state index contributed by atoms with van der Waals surface area (Å²) in [5.74, 6) is 1.05. The molecule has 2 aliphatic heterocycles. The zero-order valence-corrected chi connectivity index (χ0v) is 61.4. The number of nitrogens with zero attached hydrogens (tertiary/aromatic N) is 3. The van der Waals surface area contributed by atoms with Crippen molar-refractivity contribution < 1.29 is 46.0 Å². The van der Waals surface area contributed by atoms with Crippen LogP contribution < -0.4 is 24.2 Å².